The Kier molecular flexibility index (Phi) is 3.01. The molecule has 0 aromatic heterocycles. The van der Waals surface area contributed by atoms with Gasteiger partial charge in [0.2, 0.25) is 0 Å². The smallest absolute Gasteiger partial charge is 0.315 e. The van der Waals surface area contributed by atoms with Crippen molar-refractivity contribution in [2.45, 2.75) is 58.7 Å². The van der Waals surface area contributed by atoms with E-state index < -0.39 is 0 Å². The average molecular weight is 213 g/mol. The van der Waals surface area contributed by atoms with Crippen LogP contribution < -0.4 is 16.4 Å². The minimum atomic E-state index is -0.194. The van der Waals surface area contributed by atoms with E-state index in [0.717, 1.165) is 6.42 Å². The van der Waals surface area contributed by atoms with Crippen molar-refractivity contribution in [1.29, 1.82) is 0 Å². The van der Waals surface area contributed by atoms with E-state index in [1.165, 1.54) is 0 Å². The van der Waals surface area contributed by atoms with Gasteiger partial charge in [-0.05, 0) is 27.2 Å². The van der Waals surface area contributed by atoms with Crippen molar-refractivity contribution < 1.29 is 4.79 Å². The van der Waals surface area contributed by atoms with E-state index in [4.69, 9.17) is 5.73 Å². The number of amides is 2. The molecule has 2 unspecified atom stereocenters. The number of rotatable bonds is 1. The van der Waals surface area contributed by atoms with Crippen molar-refractivity contribution in [3.8, 4) is 0 Å². The van der Waals surface area contributed by atoms with Crippen molar-refractivity contribution in [1.82, 2.24) is 10.6 Å². The molecule has 0 saturated heterocycles. The molecule has 0 bridgehead atoms. The summed E-state index contributed by atoms with van der Waals surface area (Å²) in [4.78, 5) is 11.6. The zero-order valence-electron chi connectivity index (χ0n) is 10.3. The maximum absolute atomic E-state index is 11.6. The second-order valence-corrected chi connectivity index (χ2v) is 6.06. The van der Waals surface area contributed by atoms with E-state index in [9.17, 15) is 4.79 Å². The molecule has 1 fully saturated rings. The summed E-state index contributed by atoms with van der Waals surface area (Å²) in [6, 6.07) is 0.278. The van der Waals surface area contributed by atoms with Crippen molar-refractivity contribution in [2.75, 3.05) is 0 Å². The highest BCUT2D eigenvalue weighted by Gasteiger charge is 2.46. The van der Waals surface area contributed by atoms with Crippen molar-refractivity contribution in [3.05, 3.63) is 0 Å². The molecule has 0 aromatic carbocycles. The van der Waals surface area contributed by atoms with Gasteiger partial charge in [0.15, 0.2) is 0 Å². The first-order chi connectivity index (χ1) is 6.63. The van der Waals surface area contributed by atoms with Gasteiger partial charge in [0, 0.05) is 23.0 Å². The third-order valence-electron chi connectivity index (χ3n) is 3.14. The molecule has 1 saturated carbocycles. The second-order valence-electron chi connectivity index (χ2n) is 6.06. The van der Waals surface area contributed by atoms with E-state index in [1.807, 2.05) is 20.8 Å². The van der Waals surface area contributed by atoms with Crippen LogP contribution in [0.25, 0.3) is 0 Å². The predicted octanol–water partition coefficient (Wildman–Crippen LogP) is 1.21. The van der Waals surface area contributed by atoms with Gasteiger partial charge in [-0.2, -0.15) is 0 Å². The summed E-state index contributed by atoms with van der Waals surface area (Å²) in [5, 5.41) is 5.84. The Balaban J connectivity index is 2.41. The second kappa shape index (κ2) is 3.67. The molecule has 0 radical (unpaired) electrons. The van der Waals surface area contributed by atoms with Crippen LogP contribution in [0.15, 0.2) is 0 Å². The summed E-state index contributed by atoms with van der Waals surface area (Å²) < 4.78 is 0. The zero-order chi connectivity index (χ0) is 11.9. The molecule has 1 rings (SSSR count). The molecule has 4 nitrogen and oxygen atoms in total. The van der Waals surface area contributed by atoms with Crippen LogP contribution in [0.3, 0.4) is 0 Å². The topological polar surface area (TPSA) is 67.2 Å². The summed E-state index contributed by atoms with van der Waals surface area (Å²) in [6.07, 6.45) is 0.866. The lowest BCUT2D eigenvalue weighted by Crippen LogP contribution is -2.66. The molecule has 1 aliphatic carbocycles. The van der Waals surface area contributed by atoms with Crippen LogP contribution in [-0.4, -0.2) is 23.7 Å². The summed E-state index contributed by atoms with van der Waals surface area (Å²) in [6.45, 7) is 10.1. The summed E-state index contributed by atoms with van der Waals surface area (Å²) in [5.74, 6) is 0. The summed E-state index contributed by atoms with van der Waals surface area (Å²) in [7, 11) is 0. The predicted molar refractivity (Wildman–Crippen MR) is 61.6 cm³/mol. The van der Waals surface area contributed by atoms with Crippen LogP contribution in [0.1, 0.15) is 41.0 Å². The fourth-order valence-electron chi connectivity index (χ4n) is 1.74. The number of nitrogens with one attached hydrogen (secondary N) is 2. The lowest BCUT2D eigenvalue weighted by atomic mass is 9.63. The van der Waals surface area contributed by atoms with Crippen LogP contribution in [0.4, 0.5) is 4.79 Å². The van der Waals surface area contributed by atoms with Crippen LogP contribution in [-0.2, 0) is 0 Å². The molecule has 0 spiro atoms. The number of hydrogen-bond acceptors (Lipinski definition) is 2. The molecular weight excluding hydrogens is 190 g/mol. The monoisotopic (exact) mass is 213 g/mol. The van der Waals surface area contributed by atoms with Gasteiger partial charge >= 0.3 is 6.03 Å². The first-order valence-electron chi connectivity index (χ1n) is 5.47. The van der Waals surface area contributed by atoms with Crippen LogP contribution >= 0.6 is 0 Å². The van der Waals surface area contributed by atoms with Crippen LogP contribution in [0.5, 0.6) is 0 Å². The van der Waals surface area contributed by atoms with Gasteiger partial charge in [-0.25, -0.2) is 4.79 Å². The van der Waals surface area contributed by atoms with Crippen LogP contribution in [0.2, 0.25) is 0 Å². The molecule has 4 N–H and O–H groups in total. The van der Waals surface area contributed by atoms with E-state index >= 15 is 0 Å². The molecule has 0 aromatic rings. The zero-order valence-corrected chi connectivity index (χ0v) is 10.3. The fraction of sp³-hybridized carbons (Fsp3) is 0.909. The third-order valence-corrected chi connectivity index (χ3v) is 3.14. The molecule has 2 atom stereocenters. The molecule has 88 valence electrons. The van der Waals surface area contributed by atoms with Gasteiger partial charge in [-0.3, -0.25) is 0 Å². The molecule has 15 heavy (non-hydrogen) atoms. The Morgan fingerprint density at radius 3 is 2.27 bits per heavy atom. The molecule has 2 amide bonds. The Hall–Kier alpha value is -0.770. The minimum absolute atomic E-state index is 0.00915. The van der Waals surface area contributed by atoms with E-state index in [2.05, 4.69) is 24.5 Å². The molecule has 0 heterocycles. The first-order valence-corrected chi connectivity index (χ1v) is 5.47. The van der Waals surface area contributed by atoms with Gasteiger partial charge < -0.3 is 16.4 Å². The lowest BCUT2D eigenvalue weighted by Gasteiger charge is -2.50. The van der Waals surface area contributed by atoms with Crippen molar-refractivity contribution >= 4 is 6.03 Å². The van der Waals surface area contributed by atoms with Gasteiger partial charge in [-0.15, -0.1) is 0 Å². The normalized spacial score (nSPS) is 29.2. The summed E-state index contributed by atoms with van der Waals surface area (Å²) >= 11 is 0. The quantitative estimate of drug-likeness (QED) is 0.613. The number of carbonyl (C=O) groups excluding carboxylic acids is 1. The molecular formula is C11H23N3O. The number of nitrogens with two attached hydrogens (primary N) is 1. The van der Waals surface area contributed by atoms with E-state index in [0.29, 0.717) is 0 Å². The highest BCUT2D eigenvalue weighted by Crippen LogP contribution is 2.38. The van der Waals surface area contributed by atoms with Gasteiger partial charge in [0.1, 0.15) is 0 Å². The van der Waals surface area contributed by atoms with Gasteiger partial charge in [-0.1, -0.05) is 13.8 Å². The van der Waals surface area contributed by atoms with Gasteiger partial charge in [0.05, 0.1) is 0 Å². The fourth-order valence-corrected chi connectivity index (χ4v) is 1.74. The SMILES string of the molecule is CC(C)(C)NC(=O)NC1CC(N)C1(C)C. The number of carbonyl (C=O) groups is 1. The average Bonchev–Trinajstić information content (AvgIpc) is 2.00. The Labute approximate surface area is 92.0 Å². The van der Waals surface area contributed by atoms with E-state index in [1.54, 1.807) is 0 Å². The Morgan fingerprint density at radius 1 is 1.40 bits per heavy atom. The molecule has 0 aliphatic heterocycles. The van der Waals surface area contributed by atoms with E-state index in [-0.39, 0.29) is 29.1 Å². The third kappa shape index (κ3) is 2.84. The maximum atomic E-state index is 11.6. The standard InChI is InChI=1S/C11H23N3O/c1-10(2,3)14-9(15)13-8-6-7(12)11(8,4)5/h7-8H,6,12H2,1-5H3,(H2,13,14,15). The number of urea groups is 1. The Bertz CT molecular complexity index is 255. The highest BCUT2D eigenvalue weighted by atomic mass is 16.2. The van der Waals surface area contributed by atoms with Crippen molar-refractivity contribution in [3.63, 3.8) is 0 Å². The first kappa shape index (κ1) is 12.3. The molecule has 4 heteroatoms. The van der Waals surface area contributed by atoms with Crippen molar-refractivity contribution in [2.24, 2.45) is 11.1 Å². The maximum Gasteiger partial charge on any atom is 0.315 e. The summed E-state index contributed by atoms with van der Waals surface area (Å²) in [5.41, 5.74) is 5.69. The molecule has 1 aliphatic rings. The van der Waals surface area contributed by atoms with Gasteiger partial charge in [0.25, 0.3) is 0 Å². The van der Waals surface area contributed by atoms with Crippen LogP contribution in [0, 0.1) is 5.41 Å². The Morgan fingerprint density at radius 2 is 1.93 bits per heavy atom. The lowest BCUT2D eigenvalue weighted by molar-refractivity contribution is 0.0788. The highest BCUT2D eigenvalue weighted by molar-refractivity contribution is 5.75. The largest absolute Gasteiger partial charge is 0.335 e. The number of hydrogen-bond donors (Lipinski definition) is 3. The minimum Gasteiger partial charge on any atom is -0.335 e.